The fourth-order valence-corrected chi connectivity index (χ4v) is 6.05. The summed E-state index contributed by atoms with van der Waals surface area (Å²) < 4.78 is 17.1. The molecule has 9 heteroatoms. The predicted octanol–water partition coefficient (Wildman–Crippen LogP) is 4.98. The Morgan fingerprint density at radius 2 is 1.84 bits per heavy atom. The quantitative estimate of drug-likeness (QED) is 0.379. The van der Waals surface area contributed by atoms with Gasteiger partial charge in [0.25, 0.3) is 0 Å². The Morgan fingerprint density at radius 3 is 2.51 bits per heavy atom. The number of nitrogens with one attached hydrogen (secondary N) is 1. The number of ether oxygens (including phenoxy) is 1. The summed E-state index contributed by atoms with van der Waals surface area (Å²) in [4.78, 5) is 21.0. The first kappa shape index (κ1) is 22.5. The highest BCUT2D eigenvalue weighted by Crippen LogP contribution is 2.45. The van der Waals surface area contributed by atoms with E-state index in [9.17, 15) is 4.79 Å². The number of H-pyrrole nitrogens is 1. The summed E-state index contributed by atoms with van der Waals surface area (Å²) in [6.45, 7) is 2.65. The first-order valence-electron chi connectivity index (χ1n) is 13.1. The van der Waals surface area contributed by atoms with E-state index >= 15 is 0 Å². The van der Waals surface area contributed by atoms with Gasteiger partial charge in [-0.05, 0) is 63.1 Å². The third-order valence-corrected chi connectivity index (χ3v) is 8.05. The first-order valence-corrected chi connectivity index (χ1v) is 13.1. The number of aromatic amines is 1. The van der Waals surface area contributed by atoms with Crippen LogP contribution in [0.25, 0.3) is 22.6 Å². The van der Waals surface area contributed by atoms with Crippen LogP contribution in [0.15, 0.2) is 56.4 Å². The van der Waals surface area contributed by atoms with Crippen LogP contribution in [0.1, 0.15) is 61.3 Å². The molecule has 0 spiro atoms. The summed E-state index contributed by atoms with van der Waals surface area (Å²) in [6.07, 6.45) is 8.48. The molecule has 2 unspecified atom stereocenters. The number of pyridine rings is 1. The molecule has 190 valence electrons. The van der Waals surface area contributed by atoms with Crippen LogP contribution in [0.5, 0.6) is 0 Å². The number of aromatic nitrogens is 4. The predicted molar refractivity (Wildman–Crippen MR) is 136 cm³/mol. The van der Waals surface area contributed by atoms with E-state index in [0.717, 1.165) is 72.5 Å². The lowest BCUT2D eigenvalue weighted by Gasteiger charge is -2.39. The largest absolute Gasteiger partial charge is 0.439 e. The van der Waals surface area contributed by atoms with Gasteiger partial charge in [0.1, 0.15) is 17.3 Å². The van der Waals surface area contributed by atoms with E-state index in [1.807, 2.05) is 12.1 Å². The van der Waals surface area contributed by atoms with Gasteiger partial charge in [-0.1, -0.05) is 34.6 Å². The molecule has 7 rings (SSSR count). The molecule has 0 radical (unpaired) electrons. The molecule has 3 aromatic heterocycles. The fraction of sp³-hybridized carbons (Fsp3) is 0.429. The average molecular weight is 500 g/mol. The topological polar surface area (TPSA) is 110 Å². The van der Waals surface area contributed by atoms with Crippen LogP contribution in [0.2, 0.25) is 0 Å². The molecule has 2 atom stereocenters. The molecule has 2 aliphatic heterocycles. The number of hydrogen-bond acceptors (Lipinski definition) is 8. The summed E-state index contributed by atoms with van der Waals surface area (Å²) >= 11 is 0. The molecule has 2 bridgehead atoms. The normalized spacial score (nSPS) is 23.1. The Labute approximate surface area is 213 Å². The van der Waals surface area contributed by atoms with Gasteiger partial charge < -0.3 is 14.2 Å². The molecule has 9 nitrogen and oxygen atoms in total. The van der Waals surface area contributed by atoms with E-state index < -0.39 is 5.76 Å². The summed E-state index contributed by atoms with van der Waals surface area (Å²) in [5.74, 6) is 2.27. The maximum Gasteiger partial charge on any atom is 0.439 e. The van der Waals surface area contributed by atoms with Gasteiger partial charge in [0.05, 0.1) is 12.7 Å². The van der Waals surface area contributed by atoms with Gasteiger partial charge in [0.15, 0.2) is 5.82 Å². The van der Waals surface area contributed by atoms with Gasteiger partial charge in [0.2, 0.25) is 0 Å². The van der Waals surface area contributed by atoms with Gasteiger partial charge in [-0.3, -0.25) is 9.51 Å². The Kier molecular flexibility index (Phi) is 5.46. The van der Waals surface area contributed by atoms with E-state index in [-0.39, 0.29) is 6.10 Å². The van der Waals surface area contributed by atoms with Gasteiger partial charge in [-0.15, -0.1) is 0 Å². The number of nitrogens with zero attached hydrogens (tertiary/aromatic N) is 4. The van der Waals surface area contributed by atoms with Crippen LogP contribution in [0.3, 0.4) is 0 Å². The van der Waals surface area contributed by atoms with Crippen LogP contribution in [-0.2, 0) is 11.3 Å². The summed E-state index contributed by atoms with van der Waals surface area (Å²) in [5, 5.41) is 8.24. The van der Waals surface area contributed by atoms with Gasteiger partial charge in [-0.2, -0.15) is 0 Å². The number of piperidine rings is 1. The molecule has 3 fully saturated rings. The van der Waals surface area contributed by atoms with Crippen molar-refractivity contribution in [1.82, 2.24) is 20.3 Å². The SMILES string of the molecule is Cc1ccccc1-c1noc(C2CC2)c1COC1CC2CCC(C1)N2c1ccc(-c2noc(=O)[nH]2)cn1. The fourth-order valence-electron chi connectivity index (χ4n) is 6.05. The van der Waals surface area contributed by atoms with Crippen molar-refractivity contribution in [1.29, 1.82) is 0 Å². The zero-order valence-corrected chi connectivity index (χ0v) is 20.7. The summed E-state index contributed by atoms with van der Waals surface area (Å²) in [7, 11) is 0. The van der Waals surface area contributed by atoms with E-state index in [0.29, 0.717) is 30.4 Å². The van der Waals surface area contributed by atoms with Crippen LogP contribution in [-0.4, -0.2) is 38.5 Å². The minimum absolute atomic E-state index is 0.194. The molecule has 5 heterocycles. The van der Waals surface area contributed by atoms with Gasteiger partial charge >= 0.3 is 5.76 Å². The van der Waals surface area contributed by atoms with Crippen molar-refractivity contribution in [2.75, 3.05) is 4.90 Å². The standard InChI is InChI=1S/C28H29N5O4/c1-16-4-2-3-5-22(16)25-23(26(36-31-25)17-6-7-17)15-35-21-12-19-9-10-20(13-21)33(19)24-11-8-18(14-29-24)27-30-28(34)37-32-27/h2-5,8,11,14,17,19-21H,6-7,9-10,12-13,15H2,1H3,(H,30,32,34). The Morgan fingerprint density at radius 1 is 1.03 bits per heavy atom. The molecule has 2 saturated heterocycles. The van der Waals surface area contributed by atoms with Crippen molar-refractivity contribution in [2.24, 2.45) is 0 Å². The molecule has 37 heavy (non-hydrogen) atoms. The van der Waals surface area contributed by atoms with Crippen molar-refractivity contribution in [3.63, 3.8) is 0 Å². The van der Waals surface area contributed by atoms with Crippen molar-refractivity contribution >= 4 is 5.82 Å². The molecule has 4 aromatic rings. The van der Waals surface area contributed by atoms with Crippen LogP contribution in [0, 0.1) is 6.92 Å². The van der Waals surface area contributed by atoms with Gasteiger partial charge in [0, 0.05) is 40.9 Å². The highest BCUT2D eigenvalue weighted by Gasteiger charge is 2.42. The number of hydrogen-bond donors (Lipinski definition) is 1. The lowest BCUT2D eigenvalue weighted by atomic mass is 9.98. The summed E-state index contributed by atoms with van der Waals surface area (Å²) in [6, 6.07) is 13.1. The highest BCUT2D eigenvalue weighted by molar-refractivity contribution is 5.67. The van der Waals surface area contributed by atoms with Gasteiger partial charge in [-0.25, -0.2) is 9.78 Å². The maximum absolute atomic E-state index is 11.3. The van der Waals surface area contributed by atoms with Crippen LogP contribution >= 0.6 is 0 Å². The molecule has 1 saturated carbocycles. The van der Waals surface area contributed by atoms with Crippen LogP contribution in [0.4, 0.5) is 5.82 Å². The number of rotatable bonds is 7. The maximum atomic E-state index is 11.3. The second kappa shape index (κ2) is 8.99. The first-order chi connectivity index (χ1) is 18.1. The third-order valence-electron chi connectivity index (χ3n) is 8.05. The monoisotopic (exact) mass is 499 g/mol. The van der Waals surface area contributed by atoms with Crippen molar-refractivity contribution < 1.29 is 13.8 Å². The minimum atomic E-state index is -0.569. The molecule has 1 N–H and O–H groups in total. The number of fused-ring (bicyclic) bond motifs is 2. The number of anilines is 1. The van der Waals surface area contributed by atoms with E-state index in [1.54, 1.807) is 6.20 Å². The molecule has 1 aromatic carbocycles. The Bertz CT molecular complexity index is 1450. The smallest absolute Gasteiger partial charge is 0.373 e. The lowest BCUT2D eigenvalue weighted by molar-refractivity contribution is 0.0146. The highest BCUT2D eigenvalue weighted by atomic mass is 16.5. The molecular weight excluding hydrogens is 470 g/mol. The third kappa shape index (κ3) is 4.17. The number of aryl methyl sites for hydroxylation is 1. The second-order valence-corrected chi connectivity index (χ2v) is 10.5. The number of benzene rings is 1. The zero-order valence-electron chi connectivity index (χ0n) is 20.7. The lowest BCUT2D eigenvalue weighted by Crippen LogP contribution is -2.46. The average Bonchev–Trinajstić information content (AvgIpc) is 3.43. The molecule has 1 aliphatic carbocycles. The second-order valence-electron chi connectivity index (χ2n) is 10.5. The molecular formula is C28H29N5O4. The van der Waals surface area contributed by atoms with Crippen LogP contribution < -0.4 is 10.7 Å². The summed E-state index contributed by atoms with van der Waals surface area (Å²) in [5.41, 5.74) is 5.09. The van der Waals surface area contributed by atoms with E-state index in [1.165, 1.54) is 5.56 Å². The zero-order chi connectivity index (χ0) is 24.9. The van der Waals surface area contributed by atoms with Crippen molar-refractivity contribution in [3.8, 4) is 22.6 Å². The Balaban J connectivity index is 1.06. The Hall–Kier alpha value is -3.72. The van der Waals surface area contributed by atoms with Crippen molar-refractivity contribution in [2.45, 2.75) is 76.2 Å². The molecule has 0 amide bonds. The van der Waals surface area contributed by atoms with E-state index in [4.69, 9.17) is 14.2 Å². The molecule has 3 aliphatic rings. The minimum Gasteiger partial charge on any atom is -0.373 e. The van der Waals surface area contributed by atoms with E-state index in [2.05, 4.69) is 55.9 Å². The van der Waals surface area contributed by atoms with Crippen molar-refractivity contribution in [3.05, 3.63) is 70.0 Å².